The van der Waals surface area contributed by atoms with Crippen molar-refractivity contribution in [3.63, 3.8) is 0 Å². The van der Waals surface area contributed by atoms with E-state index in [1.54, 1.807) is 0 Å². The molecule has 2 rings (SSSR count). The summed E-state index contributed by atoms with van der Waals surface area (Å²) in [5.74, 6) is 1.71. The number of aryl methyl sites for hydroxylation is 1. The van der Waals surface area contributed by atoms with Crippen LogP contribution >= 0.6 is 27.5 Å². The van der Waals surface area contributed by atoms with Gasteiger partial charge in [-0.15, -0.1) is 0 Å². The molecule has 1 atom stereocenters. The van der Waals surface area contributed by atoms with Gasteiger partial charge in [-0.25, -0.2) is 0 Å². The van der Waals surface area contributed by atoms with Crippen LogP contribution in [0.25, 0.3) is 0 Å². The summed E-state index contributed by atoms with van der Waals surface area (Å²) >= 11 is 9.36. The lowest BCUT2D eigenvalue weighted by Crippen LogP contribution is -2.11. The molecule has 4 heteroatoms. The Bertz CT molecular complexity index is 524. The van der Waals surface area contributed by atoms with Gasteiger partial charge in [0.2, 0.25) is 0 Å². The van der Waals surface area contributed by atoms with E-state index in [1.165, 1.54) is 0 Å². The summed E-state index contributed by atoms with van der Waals surface area (Å²) in [6.07, 6.45) is 0.870. The van der Waals surface area contributed by atoms with Crippen molar-refractivity contribution in [3.05, 3.63) is 56.9 Å². The summed E-state index contributed by atoms with van der Waals surface area (Å²) in [6, 6.07) is 9.17. The van der Waals surface area contributed by atoms with Crippen molar-refractivity contribution in [2.24, 2.45) is 5.73 Å². The van der Waals surface area contributed by atoms with Crippen molar-refractivity contribution in [2.75, 3.05) is 0 Å². The van der Waals surface area contributed by atoms with Crippen molar-refractivity contribution >= 4 is 27.5 Å². The van der Waals surface area contributed by atoms with Crippen LogP contribution in [0, 0.1) is 0 Å². The zero-order valence-electron chi connectivity index (χ0n) is 9.41. The van der Waals surface area contributed by atoms with Crippen LogP contribution in [0.1, 0.15) is 30.0 Å². The van der Waals surface area contributed by atoms with Crippen LogP contribution in [-0.4, -0.2) is 0 Å². The maximum absolute atomic E-state index is 6.17. The lowest BCUT2D eigenvalue weighted by molar-refractivity contribution is 0.453. The summed E-state index contributed by atoms with van der Waals surface area (Å²) in [5, 5.41) is 0.682. The second-order valence-electron chi connectivity index (χ2n) is 3.80. The molecule has 0 spiro atoms. The van der Waals surface area contributed by atoms with E-state index in [1.807, 2.05) is 37.3 Å². The van der Waals surface area contributed by atoms with Crippen molar-refractivity contribution in [2.45, 2.75) is 19.4 Å². The Kier molecular flexibility index (Phi) is 3.92. The van der Waals surface area contributed by atoms with E-state index in [0.29, 0.717) is 5.02 Å². The highest BCUT2D eigenvalue weighted by Crippen LogP contribution is 2.30. The number of furan rings is 1. The number of nitrogens with two attached hydrogens (primary N) is 1. The van der Waals surface area contributed by atoms with E-state index in [2.05, 4.69) is 15.9 Å². The minimum absolute atomic E-state index is 0.276. The fourth-order valence-electron chi connectivity index (χ4n) is 1.66. The van der Waals surface area contributed by atoms with Crippen LogP contribution < -0.4 is 5.73 Å². The van der Waals surface area contributed by atoms with Gasteiger partial charge in [-0.2, -0.15) is 0 Å². The molecule has 0 radical (unpaired) electrons. The predicted molar refractivity (Wildman–Crippen MR) is 73.3 cm³/mol. The highest BCUT2D eigenvalue weighted by atomic mass is 79.9. The molecule has 0 amide bonds. The first kappa shape index (κ1) is 12.7. The Morgan fingerprint density at radius 3 is 2.71 bits per heavy atom. The van der Waals surface area contributed by atoms with Crippen LogP contribution in [0.2, 0.25) is 5.02 Å². The summed E-state index contributed by atoms with van der Waals surface area (Å²) < 4.78 is 6.55. The zero-order valence-corrected chi connectivity index (χ0v) is 11.8. The maximum Gasteiger partial charge on any atom is 0.125 e. The van der Waals surface area contributed by atoms with Crippen molar-refractivity contribution < 1.29 is 4.42 Å². The molecule has 90 valence electrons. The Morgan fingerprint density at radius 1 is 1.35 bits per heavy atom. The molecule has 0 bridgehead atoms. The number of hydrogen-bond acceptors (Lipinski definition) is 2. The minimum Gasteiger partial charge on any atom is -0.464 e. The van der Waals surface area contributed by atoms with Gasteiger partial charge in [-0.05, 0) is 29.8 Å². The van der Waals surface area contributed by atoms with Crippen molar-refractivity contribution in [1.82, 2.24) is 0 Å². The van der Waals surface area contributed by atoms with Gasteiger partial charge in [0, 0.05) is 15.9 Å². The fraction of sp³-hybridized carbons (Fsp3) is 0.231. The smallest absolute Gasteiger partial charge is 0.125 e. The molecule has 0 saturated heterocycles. The molecule has 0 fully saturated rings. The quantitative estimate of drug-likeness (QED) is 0.917. The molecule has 0 aliphatic rings. The zero-order chi connectivity index (χ0) is 12.4. The van der Waals surface area contributed by atoms with Gasteiger partial charge in [0.05, 0.1) is 6.04 Å². The molecule has 2 nitrogen and oxygen atoms in total. The van der Waals surface area contributed by atoms with Gasteiger partial charge >= 0.3 is 0 Å². The second-order valence-corrected chi connectivity index (χ2v) is 5.09. The SMILES string of the molecule is CCc1ccc(C(N)c2ccc(Cl)cc2Br)o1. The third kappa shape index (κ3) is 2.73. The number of halogens is 2. The van der Waals surface area contributed by atoms with Gasteiger partial charge in [0.15, 0.2) is 0 Å². The van der Waals surface area contributed by atoms with E-state index in [9.17, 15) is 0 Å². The standard InChI is InChI=1S/C13H13BrClNO/c1-2-9-4-6-12(17-9)13(16)10-5-3-8(15)7-11(10)14/h3-7,13H,2,16H2,1H3. The fourth-order valence-corrected chi connectivity index (χ4v) is 2.59. The summed E-state index contributed by atoms with van der Waals surface area (Å²) in [6.45, 7) is 2.05. The molecule has 2 aromatic rings. The summed E-state index contributed by atoms with van der Waals surface area (Å²) in [7, 11) is 0. The topological polar surface area (TPSA) is 39.2 Å². The van der Waals surface area contributed by atoms with Crippen molar-refractivity contribution in [3.8, 4) is 0 Å². The van der Waals surface area contributed by atoms with Gasteiger partial charge in [0.1, 0.15) is 11.5 Å². The highest BCUT2D eigenvalue weighted by molar-refractivity contribution is 9.10. The predicted octanol–water partition coefficient (Wildman–Crippen LogP) is 4.31. The number of benzene rings is 1. The average molecular weight is 315 g/mol. The van der Waals surface area contributed by atoms with Gasteiger partial charge in [-0.3, -0.25) is 0 Å². The van der Waals surface area contributed by atoms with Crippen LogP contribution in [0.3, 0.4) is 0 Å². The van der Waals surface area contributed by atoms with Crippen LogP contribution in [0.5, 0.6) is 0 Å². The first-order chi connectivity index (χ1) is 8.11. The second kappa shape index (κ2) is 5.25. The molecular weight excluding hydrogens is 302 g/mol. The lowest BCUT2D eigenvalue weighted by Gasteiger charge is -2.11. The summed E-state index contributed by atoms with van der Waals surface area (Å²) in [5.41, 5.74) is 7.13. The Balaban J connectivity index is 2.33. The number of rotatable bonds is 3. The molecule has 1 unspecified atom stereocenters. The molecule has 0 saturated carbocycles. The minimum atomic E-state index is -0.276. The van der Waals surface area contributed by atoms with E-state index in [-0.39, 0.29) is 6.04 Å². The third-order valence-corrected chi connectivity index (χ3v) is 3.56. The van der Waals surface area contributed by atoms with E-state index in [4.69, 9.17) is 21.8 Å². The Morgan fingerprint density at radius 2 is 2.12 bits per heavy atom. The van der Waals surface area contributed by atoms with Gasteiger partial charge in [0.25, 0.3) is 0 Å². The lowest BCUT2D eigenvalue weighted by atomic mass is 10.1. The molecule has 1 aromatic heterocycles. The molecule has 1 heterocycles. The highest BCUT2D eigenvalue weighted by Gasteiger charge is 2.15. The maximum atomic E-state index is 6.17. The third-order valence-electron chi connectivity index (χ3n) is 2.63. The molecule has 1 aromatic carbocycles. The van der Waals surface area contributed by atoms with Crippen LogP contribution in [-0.2, 0) is 6.42 Å². The van der Waals surface area contributed by atoms with Crippen molar-refractivity contribution in [1.29, 1.82) is 0 Å². The van der Waals surface area contributed by atoms with E-state index in [0.717, 1.165) is 28.0 Å². The molecular formula is C13H13BrClNO. The average Bonchev–Trinajstić information content (AvgIpc) is 2.76. The molecule has 0 aliphatic carbocycles. The Labute approximate surface area is 114 Å². The largest absolute Gasteiger partial charge is 0.464 e. The molecule has 0 aliphatic heterocycles. The molecule has 17 heavy (non-hydrogen) atoms. The van der Waals surface area contributed by atoms with E-state index < -0.39 is 0 Å². The Hall–Kier alpha value is -0.770. The van der Waals surface area contributed by atoms with Gasteiger partial charge in [-0.1, -0.05) is 40.5 Å². The van der Waals surface area contributed by atoms with Crippen LogP contribution in [0.4, 0.5) is 0 Å². The number of hydrogen-bond donors (Lipinski definition) is 1. The monoisotopic (exact) mass is 313 g/mol. The van der Waals surface area contributed by atoms with E-state index >= 15 is 0 Å². The first-order valence-corrected chi connectivity index (χ1v) is 6.58. The summed E-state index contributed by atoms with van der Waals surface area (Å²) in [4.78, 5) is 0. The van der Waals surface area contributed by atoms with Crippen LogP contribution in [0.15, 0.2) is 39.2 Å². The van der Waals surface area contributed by atoms with Gasteiger partial charge < -0.3 is 10.2 Å². The normalized spacial score (nSPS) is 12.7. The molecule has 2 N–H and O–H groups in total. The first-order valence-electron chi connectivity index (χ1n) is 5.41.